The predicted molar refractivity (Wildman–Crippen MR) is 56.7 cm³/mol. The van der Waals surface area contributed by atoms with Gasteiger partial charge in [0.15, 0.2) is 0 Å². The molecule has 1 heterocycles. The normalized spacial score (nSPS) is 14.7. The predicted octanol–water partition coefficient (Wildman–Crippen LogP) is 0.489. The summed E-state index contributed by atoms with van der Waals surface area (Å²) < 4.78 is 0. The topological polar surface area (TPSA) is 75.4 Å². The number of nitrogens with one attached hydrogen (secondary N) is 1. The van der Waals surface area contributed by atoms with Gasteiger partial charge >= 0.3 is 5.97 Å². The number of aromatic carboxylic acids is 1. The molecule has 0 bridgehead atoms. The molecule has 0 radical (unpaired) electrons. The Morgan fingerprint density at radius 2 is 2.33 bits per heavy atom. The Hall–Kier alpha value is -1.39. The molecule has 1 aliphatic rings. The number of fused-ring (bicyclic) bond motifs is 1. The lowest BCUT2D eigenvalue weighted by Crippen LogP contribution is -2.26. The van der Waals surface area contributed by atoms with Crippen molar-refractivity contribution in [3.8, 4) is 0 Å². The molecule has 15 heavy (non-hydrogen) atoms. The summed E-state index contributed by atoms with van der Waals surface area (Å²) in [5.74, 6) is -0.870. The van der Waals surface area contributed by atoms with Crippen LogP contribution in [-0.2, 0) is 19.5 Å². The highest BCUT2D eigenvalue weighted by atomic mass is 16.4. The highest BCUT2D eigenvalue weighted by Gasteiger charge is 2.17. The molecular weight excluding hydrogens is 192 g/mol. The molecule has 0 amide bonds. The zero-order chi connectivity index (χ0) is 10.8. The number of hydrogen-bond acceptors (Lipinski definition) is 3. The first-order valence-electron chi connectivity index (χ1n) is 5.01. The minimum Gasteiger partial charge on any atom is -0.478 e. The van der Waals surface area contributed by atoms with Crippen molar-refractivity contribution in [1.82, 2.24) is 5.32 Å². The SMILES string of the molecule is NCc1cc2c(c(C(=O)O)c1)CNCC2. The third-order valence-electron chi connectivity index (χ3n) is 2.74. The first kappa shape index (κ1) is 10.1. The van der Waals surface area contributed by atoms with Crippen LogP contribution >= 0.6 is 0 Å². The Labute approximate surface area is 88.1 Å². The Morgan fingerprint density at radius 3 is 3.00 bits per heavy atom. The molecule has 0 spiro atoms. The van der Waals surface area contributed by atoms with Crippen LogP contribution in [0.3, 0.4) is 0 Å². The average molecular weight is 206 g/mol. The molecule has 0 aromatic heterocycles. The maximum Gasteiger partial charge on any atom is 0.336 e. The molecule has 4 heteroatoms. The second-order valence-electron chi connectivity index (χ2n) is 3.72. The van der Waals surface area contributed by atoms with Gasteiger partial charge in [-0.1, -0.05) is 6.07 Å². The van der Waals surface area contributed by atoms with E-state index >= 15 is 0 Å². The smallest absolute Gasteiger partial charge is 0.336 e. The summed E-state index contributed by atoms with van der Waals surface area (Å²) >= 11 is 0. The molecule has 0 saturated heterocycles. The molecule has 1 aromatic carbocycles. The molecule has 0 fully saturated rings. The fourth-order valence-electron chi connectivity index (χ4n) is 1.97. The van der Waals surface area contributed by atoms with Gasteiger partial charge in [0.2, 0.25) is 0 Å². The van der Waals surface area contributed by atoms with Gasteiger partial charge in [-0.2, -0.15) is 0 Å². The van der Waals surface area contributed by atoms with E-state index in [0.29, 0.717) is 18.7 Å². The van der Waals surface area contributed by atoms with E-state index < -0.39 is 5.97 Å². The van der Waals surface area contributed by atoms with Gasteiger partial charge in [-0.05, 0) is 35.7 Å². The average Bonchev–Trinajstić information content (AvgIpc) is 2.27. The number of carboxylic acids is 1. The number of carbonyl (C=O) groups is 1. The van der Waals surface area contributed by atoms with Gasteiger partial charge < -0.3 is 16.2 Å². The lowest BCUT2D eigenvalue weighted by molar-refractivity contribution is 0.0695. The third kappa shape index (κ3) is 1.86. The van der Waals surface area contributed by atoms with Crippen molar-refractivity contribution in [3.63, 3.8) is 0 Å². The van der Waals surface area contributed by atoms with Crippen molar-refractivity contribution in [2.75, 3.05) is 6.54 Å². The van der Waals surface area contributed by atoms with Gasteiger partial charge in [-0.25, -0.2) is 4.79 Å². The highest BCUT2D eigenvalue weighted by Crippen LogP contribution is 2.21. The van der Waals surface area contributed by atoms with Gasteiger partial charge in [0, 0.05) is 13.1 Å². The van der Waals surface area contributed by atoms with Gasteiger partial charge in [0.05, 0.1) is 5.56 Å². The molecule has 0 atom stereocenters. The van der Waals surface area contributed by atoms with Gasteiger partial charge in [-0.3, -0.25) is 0 Å². The highest BCUT2D eigenvalue weighted by molar-refractivity contribution is 5.90. The minimum atomic E-state index is -0.870. The zero-order valence-corrected chi connectivity index (χ0v) is 8.42. The summed E-state index contributed by atoms with van der Waals surface area (Å²) in [6, 6.07) is 3.69. The number of rotatable bonds is 2. The van der Waals surface area contributed by atoms with Crippen LogP contribution in [0.5, 0.6) is 0 Å². The van der Waals surface area contributed by atoms with Crippen molar-refractivity contribution in [3.05, 3.63) is 34.4 Å². The maximum absolute atomic E-state index is 11.1. The van der Waals surface area contributed by atoms with E-state index in [0.717, 1.165) is 29.7 Å². The van der Waals surface area contributed by atoms with Crippen LogP contribution in [0.25, 0.3) is 0 Å². The molecule has 0 saturated carbocycles. The quantitative estimate of drug-likeness (QED) is 0.658. The summed E-state index contributed by atoms with van der Waals surface area (Å²) in [7, 11) is 0. The summed E-state index contributed by atoms with van der Waals surface area (Å²) in [4.78, 5) is 11.1. The van der Waals surface area contributed by atoms with E-state index in [-0.39, 0.29) is 0 Å². The summed E-state index contributed by atoms with van der Waals surface area (Å²) in [6.07, 6.45) is 0.878. The van der Waals surface area contributed by atoms with Crippen LogP contribution in [0, 0.1) is 0 Å². The maximum atomic E-state index is 11.1. The van der Waals surface area contributed by atoms with E-state index in [1.54, 1.807) is 6.07 Å². The second kappa shape index (κ2) is 4.00. The summed E-state index contributed by atoms with van der Waals surface area (Å²) in [6.45, 7) is 1.93. The lowest BCUT2D eigenvalue weighted by Gasteiger charge is -2.20. The standard InChI is InChI=1S/C11H14N2O2/c12-5-7-3-8-1-2-13-6-10(8)9(4-7)11(14)15/h3-4,13H,1-2,5-6,12H2,(H,14,15). The molecule has 4 nitrogen and oxygen atoms in total. The van der Waals surface area contributed by atoms with Gasteiger partial charge in [0.1, 0.15) is 0 Å². The molecule has 80 valence electrons. The van der Waals surface area contributed by atoms with E-state index in [9.17, 15) is 4.79 Å². The van der Waals surface area contributed by atoms with E-state index in [1.165, 1.54) is 0 Å². The van der Waals surface area contributed by atoms with Crippen molar-refractivity contribution in [2.24, 2.45) is 5.73 Å². The fraction of sp³-hybridized carbons (Fsp3) is 0.364. The zero-order valence-electron chi connectivity index (χ0n) is 8.42. The van der Waals surface area contributed by atoms with Gasteiger partial charge in [0.25, 0.3) is 0 Å². The van der Waals surface area contributed by atoms with Crippen LogP contribution in [0.15, 0.2) is 12.1 Å². The van der Waals surface area contributed by atoms with E-state index in [1.807, 2.05) is 6.07 Å². The molecule has 0 aliphatic carbocycles. The van der Waals surface area contributed by atoms with Crippen molar-refractivity contribution < 1.29 is 9.90 Å². The monoisotopic (exact) mass is 206 g/mol. The molecular formula is C11H14N2O2. The van der Waals surface area contributed by atoms with Crippen LogP contribution in [0.1, 0.15) is 27.0 Å². The Morgan fingerprint density at radius 1 is 1.53 bits per heavy atom. The molecule has 4 N–H and O–H groups in total. The fourth-order valence-corrected chi connectivity index (χ4v) is 1.97. The second-order valence-corrected chi connectivity index (χ2v) is 3.72. The van der Waals surface area contributed by atoms with Crippen molar-refractivity contribution in [2.45, 2.75) is 19.5 Å². The number of nitrogens with two attached hydrogens (primary N) is 1. The first-order chi connectivity index (χ1) is 7.22. The Balaban J connectivity index is 2.55. The number of hydrogen-bond donors (Lipinski definition) is 3. The molecule has 0 unspecified atom stereocenters. The van der Waals surface area contributed by atoms with Crippen LogP contribution in [0.4, 0.5) is 0 Å². The Bertz CT molecular complexity index is 402. The third-order valence-corrected chi connectivity index (χ3v) is 2.74. The van der Waals surface area contributed by atoms with Crippen molar-refractivity contribution in [1.29, 1.82) is 0 Å². The van der Waals surface area contributed by atoms with E-state index in [2.05, 4.69) is 5.32 Å². The van der Waals surface area contributed by atoms with E-state index in [4.69, 9.17) is 10.8 Å². The summed E-state index contributed by atoms with van der Waals surface area (Å²) in [5.41, 5.74) is 8.86. The molecule has 2 rings (SSSR count). The van der Waals surface area contributed by atoms with Crippen molar-refractivity contribution >= 4 is 5.97 Å². The lowest BCUT2D eigenvalue weighted by atomic mass is 9.93. The van der Waals surface area contributed by atoms with Crippen LogP contribution in [0.2, 0.25) is 0 Å². The van der Waals surface area contributed by atoms with Crippen LogP contribution < -0.4 is 11.1 Å². The summed E-state index contributed by atoms with van der Waals surface area (Å²) in [5, 5.41) is 12.3. The number of benzene rings is 1. The first-order valence-corrected chi connectivity index (χ1v) is 5.01. The molecule has 1 aliphatic heterocycles. The molecule has 1 aromatic rings. The number of carboxylic acid groups (broad SMARTS) is 1. The minimum absolute atomic E-state index is 0.389. The van der Waals surface area contributed by atoms with Gasteiger partial charge in [-0.15, -0.1) is 0 Å². The Kier molecular flexibility index (Phi) is 2.70. The largest absolute Gasteiger partial charge is 0.478 e. The van der Waals surface area contributed by atoms with Crippen LogP contribution in [-0.4, -0.2) is 17.6 Å².